The Bertz CT molecular complexity index is 333. The zero-order valence-electron chi connectivity index (χ0n) is 13.1. The van der Waals surface area contributed by atoms with Crippen molar-refractivity contribution in [3.8, 4) is 0 Å². The molecule has 0 saturated heterocycles. The maximum atomic E-state index is 14.1. The van der Waals surface area contributed by atoms with E-state index in [0.29, 0.717) is 25.4 Å². The highest BCUT2D eigenvalue weighted by Gasteiger charge is 2.49. The number of hydrogen-bond donors (Lipinski definition) is 0. The fraction of sp³-hybridized carbons (Fsp3) is 1.00. The fourth-order valence-corrected chi connectivity index (χ4v) is 3.81. The molecule has 130 valence electrons. The van der Waals surface area contributed by atoms with Crippen molar-refractivity contribution in [2.24, 2.45) is 17.8 Å². The average molecular weight is 326 g/mol. The molecule has 0 spiro atoms. The summed E-state index contributed by atoms with van der Waals surface area (Å²) in [6, 6.07) is 0. The topological polar surface area (TPSA) is 18.5 Å². The first-order chi connectivity index (χ1) is 10.4. The Morgan fingerprint density at radius 1 is 1.00 bits per heavy atom. The number of methoxy groups -OCH3 is 1. The second kappa shape index (κ2) is 7.95. The van der Waals surface area contributed by atoms with Gasteiger partial charge in [-0.15, -0.1) is 0 Å². The van der Waals surface area contributed by atoms with E-state index < -0.39 is 24.2 Å². The van der Waals surface area contributed by atoms with Crippen LogP contribution in [0.4, 0.5) is 17.6 Å². The van der Waals surface area contributed by atoms with E-state index in [2.05, 4.69) is 0 Å². The van der Waals surface area contributed by atoms with Crippen LogP contribution in [-0.4, -0.2) is 38.8 Å². The normalized spacial score (nSPS) is 37.2. The van der Waals surface area contributed by atoms with Gasteiger partial charge in [-0.25, -0.2) is 4.39 Å². The van der Waals surface area contributed by atoms with Crippen molar-refractivity contribution in [2.75, 3.05) is 20.3 Å². The van der Waals surface area contributed by atoms with Crippen LogP contribution in [0.2, 0.25) is 0 Å². The Morgan fingerprint density at radius 2 is 1.73 bits per heavy atom. The van der Waals surface area contributed by atoms with E-state index in [1.165, 1.54) is 0 Å². The van der Waals surface area contributed by atoms with Crippen molar-refractivity contribution in [3.63, 3.8) is 0 Å². The molecule has 0 aromatic carbocycles. The molecule has 22 heavy (non-hydrogen) atoms. The number of hydrogen-bond acceptors (Lipinski definition) is 2. The fourth-order valence-electron chi connectivity index (χ4n) is 3.81. The molecule has 2 fully saturated rings. The first-order valence-electron chi connectivity index (χ1n) is 8.23. The van der Waals surface area contributed by atoms with Gasteiger partial charge in [-0.2, -0.15) is 13.2 Å². The van der Waals surface area contributed by atoms with Gasteiger partial charge < -0.3 is 9.47 Å². The molecule has 0 aliphatic heterocycles. The van der Waals surface area contributed by atoms with E-state index in [9.17, 15) is 17.6 Å². The van der Waals surface area contributed by atoms with Gasteiger partial charge in [-0.3, -0.25) is 0 Å². The van der Waals surface area contributed by atoms with Crippen molar-refractivity contribution in [3.05, 3.63) is 0 Å². The van der Waals surface area contributed by atoms with Gasteiger partial charge in [0.25, 0.3) is 0 Å². The molecule has 2 nitrogen and oxygen atoms in total. The molecule has 5 unspecified atom stereocenters. The summed E-state index contributed by atoms with van der Waals surface area (Å²) in [6.07, 6.45) is -1.51. The largest absolute Gasteiger partial charge is 0.394 e. The minimum absolute atomic E-state index is 0.0346. The van der Waals surface area contributed by atoms with Gasteiger partial charge in [0.15, 0.2) is 0 Å². The van der Waals surface area contributed by atoms with Crippen LogP contribution in [0.15, 0.2) is 0 Å². The molecule has 2 rings (SSSR count). The molecule has 5 atom stereocenters. The van der Waals surface area contributed by atoms with Gasteiger partial charge in [-0.05, 0) is 38.0 Å². The molecular formula is C16H26F4O2. The molecular weight excluding hydrogens is 300 g/mol. The number of ether oxygens (including phenoxy) is 2. The Kier molecular flexibility index (Phi) is 6.50. The summed E-state index contributed by atoms with van der Waals surface area (Å²) in [6.45, 7) is 0.795. The van der Waals surface area contributed by atoms with Crippen molar-refractivity contribution in [1.82, 2.24) is 0 Å². The summed E-state index contributed by atoms with van der Waals surface area (Å²) in [4.78, 5) is 0. The van der Waals surface area contributed by atoms with Crippen LogP contribution in [0.5, 0.6) is 0 Å². The Balaban J connectivity index is 1.80. The Morgan fingerprint density at radius 3 is 2.41 bits per heavy atom. The quantitative estimate of drug-likeness (QED) is 0.691. The third-order valence-electron chi connectivity index (χ3n) is 5.03. The van der Waals surface area contributed by atoms with Crippen LogP contribution in [0.1, 0.15) is 44.9 Å². The number of alkyl halides is 4. The lowest BCUT2D eigenvalue weighted by atomic mass is 9.79. The predicted octanol–water partition coefficient (Wildman–Crippen LogP) is 4.52. The van der Waals surface area contributed by atoms with E-state index in [-0.39, 0.29) is 19.1 Å². The average Bonchev–Trinajstić information content (AvgIpc) is 2.46. The molecule has 2 aliphatic rings. The van der Waals surface area contributed by atoms with E-state index in [0.717, 1.165) is 25.7 Å². The standard InChI is InChI=1S/C16H26F4O2/c1-21-9-11-4-2-6-13(8-11)22-10-12-5-3-7-14(15(12)17)16(18,19)20/h11-15H,2-10H2,1H3. The van der Waals surface area contributed by atoms with Gasteiger partial charge in [0.05, 0.1) is 18.6 Å². The van der Waals surface area contributed by atoms with Crippen molar-refractivity contribution >= 4 is 0 Å². The summed E-state index contributed by atoms with van der Waals surface area (Å²) >= 11 is 0. The second-order valence-electron chi connectivity index (χ2n) is 6.73. The first kappa shape index (κ1) is 18.0. The van der Waals surface area contributed by atoms with Gasteiger partial charge >= 0.3 is 6.18 Å². The van der Waals surface area contributed by atoms with Crippen molar-refractivity contribution < 1.29 is 27.0 Å². The lowest BCUT2D eigenvalue weighted by molar-refractivity contribution is -0.208. The maximum absolute atomic E-state index is 14.1. The molecule has 0 radical (unpaired) electrons. The van der Waals surface area contributed by atoms with Gasteiger partial charge in [-0.1, -0.05) is 12.8 Å². The van der Waals surface area contributed by atoms with E-state index >= 15 is 0 Å². The summed E-state index contributed by atoms with van der Waals surface area (Å²) < 4.78 is 63.5. The first-order valence-corrected chi connectivity index (χ1v) is 8.23. The summed E-state index contributed by atoms with van der Waals surface area (Å²) in [7, 11) is 1.66. The van der Waals surface area contributed by atoms with Crippen molar-refractivity contribution in [1.29, 1.82) is 0 Å². The third-order valence-corrected chi connectivity index (χ3v) is 5.03. The Hall–Kier alpha value is -0.360. The molecule has 2 saturated carbocycles. The molecule has 6 heteroatoms. The molecule has 0 aromatic rings. The zero-order chi connectivity index (χ0) is 16.2. The zero-order valence-corrected chi connectivity index (χ0v) is 13.1. The van der Waals surface area contributed by atoms with Gasteiger partial charge in [0.2, 0.25) is 0 Å². The number of halogens is 4. The van der Waals surface area contributed by atoms with Crippen LogP contribution in [0, 0.1) is 17.8 Å². The second-order valence-corrected chi connectivity index (χ2v) is 6.73. The lowest BCUT2D eigenvalue weighted by Gasteiger charge is -2.36. The van der Waals surface area contributed by atoms with Crippen LogP contribution < -0.4 is 0 Å². The third kappa shape index (κ3) is 4.82. The molecule has 2 aliphatic carbocycles. The smallest absolute Gasteiger partial charge is 0.384 e. The van der Waals surface area contributed by atoms with E-state index in [4.69, 9.17) is 9.47 Å². The van der Waals surface area contributed by atoms with Gasteiger partial charge in [0, 0.05) is 19.6 Å². The highest BCUT2D eigenvalue weighted by atomic mass is 19.4. The molecule has 0 amide bonds. The SMILES string of the molecule is COCC1CCCC(OCC2CCCC(C(F)(F)F)C2F)C1. The monoisotopic (exact) mass is 326 g/mol. The summed E-state index contributed by atoms with van der Waals surface area (Å²) in [5.74, 6) is -2.00. The highest BCUT2D eigenvalue weighted by molar-refractivity contribution is 4.86. The number of rotatable bonds is 5. The van der Waals surface area contributed by atoms with Crippen molar-refractivity contribution in [2.45, 2.75) is 63.4 Å². The Labute approximate surface area is 129 Å². The predicted molar refractivity (Wildman–Crippen MR) is 75.4 cm³/mol. The highest BCUT2D eigenvalue weighted by Crippen LogP contribution is 2.42. The summed E-state index contributed by atoms with van der Waals surface area (Å²) in [5.41, 5.74) is 0. The van der Waals surface area contributed by atoms with Crippen LogP contribution in [0.3, 0.4) is 0 Å². The minimum atomic E-state index is -4.44. The van der Waals surface area contributed by atoms with Crippen LogP contribution in [0.25, 0.3) is 0 Å². The summed E-state index contributed by atoms with van der Waals surface area (Å²) in [5, 5.41) is 0. The molecule has 0 heterocycles. The lowest BCUT2D eigenvalue weighted by Crippen LogP contribution is -2.41. The van der Waals surface area contributed by atoms with Crippen LogP contribution >= 0.6 is 0 Å². The van der Waals surface area contributed by atoms with E-state index in [1.807, 2.05) is 0 Å². The molecule has 0 bridgehead atoms. The molecule has 0 aromatic heterocycles. The van der Waals surface area contributed by atoms with Crippen LogP contribution in [-0.2, 0) is 9.47 Å². The minimum Gasteiger partial charge on any atom is -0.384 e. The van der Waals surface area contributed by atoms with Gasteiger partial charge in [0.1, 0.15) is 6.17 Å². The van der Waals surface area contributed by atoms with E-state index in [1.54, 1.807) is 7.11 Å². The molecule has 0 N–H and O–H groups in total. The maximum Gasteiger partial charge on any atom is 0.394 e.